The van der Waals surface area contributed by atoms with Gasteiger partial charge in [-0.25, -0.2) is 28.3 Å². The van der Waals surface area contributed by atoms with Crippen molar-refractivity contribution in [1.82, 2.24) is 9.97 Å². The summed E-state index contributed by atoms with van der Waals surface area (Å²) in [6.07, 6.45) is -8.62. The lowest BCUT2D eigenvalue weighted by Gasteiger charge is -2.37. The number of carbonyl (C=O) groups is 2. The van der Waals surface area contributed by atoms with E-state index in [1.54, 1.807) is 0 Å². The molecule has 8 nitrogen and oxygen atoms in total. The molecule has 0 aliphatic carbocycles. The first-order valence-electron chi connectivity index (χ1n) is 13.8. The monoisotopic (exact) mass is 754 g/mol. The predicted octanol–water partition coefficient (Wildman–Crippen LogP) is 8.25. The van der Waals surface area contributed by atoms with Crippen molar-refractivity contribution >= 4 is 35.1 Å². The molecule has 2 aromatic carbocycles. The number of nitrogens with zero attached hydrogens (tertiary/aromatic N) is 2. The van der Waals surface area contributed by atoms with E-state index in [1.165, 1.54) is 0 Å². The lowest BCUT2D eigenvalue weighted by Crippen LogP contribution is -2.46. The molecule has 4 N–H and O–H groups in total. The number of carboxylic acid groups (broad SMARTS) is 2. The van der Waals surface area contributed by atoms with Crippen LogP contribution in [0.2, 0.25) is 10.0 Å². The molecular formula is C32H24Cl2F8N2O6. The van der Waals surface area contributed by atoms with Crippen LogP contribution in [0.5, 0.6) is 0 Å². The molecule has 0 aliphatic rings. The molecule has 2 aromatic heterocycles. The van der Waals surface area contributed by atoms with Crippen LogP contribution in [0.25, 0.3) is 0 Å². The van der Waals surface area contributed by atoms with Crippen molar-refractivity contribution < 1.29 is 65.1 Å². The molecule has 0 spiro atoms. The van der Waals surface area contributed by atoms with Gasteiger partial charge in [0.05, 0.1) is 0 Å². The molecular weight excluding hydrogens is 731 g/mol. The van der Waals surface area contributed by atoms with Crippen molar-refractivity contribution in [3.05, 3.63) is 128 Å². The normalized spacial score (nSPS) is 15.5. The second kappa shape index (κ2) is 14.8. The van der Waals surface area contributed by atoms with Gasteiger partial charge in [0.2, 0.25) is 0 Å². The fourth-order valence-electron chi connectivity index (χ4n) is 5.04. The van der Waals surface area contributed by atoms with Gasteiger partial charge in [0.15, 0.2) is 11.2 Å². The fourth-order valence-corrected chi connectivity index (χ4v) is 5.70. The van der Waals surface area contributed by atoms with Crippen LogP contribution in [0, 0.1) is 11.6 Å². The van der Waals surface area contributed by atoms with E-state index in [1.807, 2.05) is 0 Å². The average molecular weight is 755 g/mol. The summed E-state index contributed by atoms with van der Waals surface area (Å²) in [5, 5.41) is 38.3. The second-order valence-electron chi connectivity index (χ2n) is 10.8. The van der Waals surface area contributed by atoms with E-state index in [9.17, 15) is 54.9 Å². The standard InChI is InChI=1S/2C16H12ClF4NO3/c2*1-8(11-3-2-10(18)7-12(11)17)15(25,16(19,20)21)9-4-5-22-13(6-9)14(23)24/h2*2-8,25H,1H3,(H,23,24). The molecule has 0 saturated heterocycles. The highest BCUT2D eigenvalue weighted by atomic mass is 35.5. The molecule has 0 bridgehead atoms. The van der Waals surface area contributed by atoms with E-state index in [4.69, 9.17) is 33.4 Å². The summed E-state index contributed by atoms with van der Waals surface area (Å²) < 4.78 is 109. The van der Waals surface area contributed by atoms with Gasteiger partial charge in [-0.1, -0.05) is 49.2 Å². The van der Waals surface area contributed by atoms with Crippen LogP contribution in [-0.2, 0) is 11.2 Å². The van der Waals surface area contributed by atoms with E-state index < -0.39 is 81.5 Å². The van der Waals surface area contributed by atoms with Gasteiger partial charge in [-0.3, -0.25) is 0 Å². The molecule has 2 heterocycles. The van der Waals surface area contributed by atoms with Gasteiger partial charge in [-0.2, -0.15) is 26.3 Å². The van der Waals surface area contributed by atoms with E-state index >= 15 is 0 Å². The Morgan fingerprint density at radius 3 is 1.20 bits per heavy atom. The number of halogens is 10. The minimum absolute atomic E-state index is 0.142. The molecule has 0 amide bonds. The number of benzene rings is 2. The molecule has 0 radical (unpaired) electrons. The zero-order valence-corrected chi connectivity index (χ0v) is 26.9. The highest BCUT2D eigenvalue weighted by molar-refractivity contribution is 6.31. The van der Waals surface area contributed by atoms with Gasteiger partial charge in [0.25, 0.3) is 0 Å². The van der Waals surface area contributed by atoms with E-state index in [-0.39, 0.29) is 21.2 Å². The number of aliphatic hydroxyl groups is 2. The predicted molar refractivity (Wildman–Crippen MR) is 162 cm³/mol. The lowest BCUT2D eigenvalue weighted by atomic mass is 9.78. The van der Waals surface area contributed by atoms with Crippen LogP contribution < -0.4 is 0 Å². The number of alkyl halides is 6. The largest absolute Gasteiger partial charge is 0.477 e. The molecule has 50 heavy (non-hydrogen) atoms. The first-order valence-corrected chi connectivity index (χ1v) is 14.6. The third kappa shape index (κ3) is 7.98. The van der Waals surface area contributed by atoms with Crippen LogP contribution in [0.3, 0.4) is 0 Å². The van der Waals surface area contributed by atoms with Crippen LogP contribution in [0.15, 0.2) is 73.1 Å². The van der Waals surface area contributed by atoms with Crippen molar-refractivity contribution in [2.75, 3.05) is 0 Å². The number of hydrogen-bond donors (Lipinski definition) is 4. The Labute approximate surface area is 287 Å². The molecule has 18 heteroatoms. The Kier molecular flexibility index (Phi) is 11.9. The second-order valence-corrected chi connectivity index (χ2v) is 11.6. The van der Waals surface area contributed by atoms with Crippen molar-refractivity contribution in [3.63, 3.8) is 0 Å². The number of aromatic carboxylic acids is 2. The number of carboxylic acids is 2. The van der Waals surface area contributed by atoms with Crippen LogP contribution >= 0.6 is 23.2 Å². The molecule has 4 atom stereocenters. The Bertz CT molecular complexity index is 1760. The third-order valence-corrected chi connectivity index (χ3v) is 8.47. The number of aromatic nitrogens is 2. The van der Waals surface area contributed by atoms with E-state index in [0.717, 1.165) is 74.8 Å². The van der Waals surface area contributed by atoms with Gasteiger partial charge in [0, 0.05) is 34.3 Å². The summed E-state index contributed by atoms with van der Waals surface area (Å²) >= 11 is 11.6. The summed E-state index contributed by atoms with van der Waals surface area (Å²) in [6.45, 7) is 2.13. The molecule has 0 saturated carbocycles. The molecule has 0 fully saturated rings. The van der Waals surface area contributed by atoms with Gasteiger partial charge in [-0.05, 0) is 70.8 Å². The van der Waals surface area contributed by atoms with Crippen LogP contribution in [0.1, 0.15) is 68.9 Å². The molecule has 0 aliphatic heterocycles. The van der Waals surface area contributed by atoms with Gasteiger partial charge < -0.3 is 20.4 Å². The fraction of sp³-hybridized carbons (Fsp3) is 0.250. The highest BCUT2D eigenvalue weighted by Gasteiger charge is 2.60. The van der Waals surface area contributed by atoms with Gasteiger partial charge in [0.1, 0.15) is 23.0 Å². The molecule has 268 valence electrons. The third-order valence-electron chi connectivity index (χ3n) is 7.81. The maximum absolute atomic E-state index is 13.7. The Hall–Kier alpha value is -4.38. The molecule has 4 aromatic rings. The Morgan fingerprint density at radius 2 is 0.940 bits per heavy atom. The van der Waals surface area contributed by atoms with Gasteiger partial charge in [-0.15, -0.1) is 0 Å². The minimum Gasteiger partial charge on any atom is -0.477 e. The topological polar surface area (TPSA) is 141 Å². The van der Waals surface area contributed by atoms with Gasteiger partial charge >= 0.3 is 24.3 Å². The lowest BCUT2D eigenvalue weighted by molar-refractivity contribution is -0.274. The molecule has 4 unspecified atom stereocenters. The minimum atomic E-state index is -5.17. The summed E-state index contributed by atoms with van der Waals surface area (Å²) in [4.78, 5) is 28.8. The summed E-state index contributed by atoms with van der Waals surface area (Å²) in [7, 11) is 0. The summed E-state index contributed by atoms with van der Waals surface area (Å²) in [5.41, 5.74) is -9.92. The Balaban J connectivity index is 0.000000270. The van der Waals surface area contributed by atoms with Crippen molar-refractivity contribution in [2.24, 2.45) is 0 Å². The number of pyridine rings is 2. The maximum Gasteiger partial charge on any atom is 0.422 e. The first kappa shape index (κ1) is 40.1. The van der Waals surface area contributed by atoms with Crippen molar-refractivity contribution in [3.8, 4) is 0 Å². The maximum atomic E-state index is 13.7. The zero-order chi connectivity index (χ0) is 38.0. The smallest absolute Gasteiger partial charge is 0.422 e. The van der Waals surface area contributed by atoms with Crippen molar-refractivity contribution in [1.29, 1.82) is 0 Å². The number of hydrogen-bond acceptors (Lipinski definition) is 6. The summed E-state index contributed by atoms with van der Waals surface area (Å²) in [6, 6.07) is 8.61. The highest BCUT2D eigenvalue weighted by Crippen LogP contribution is 2.51. The molecule has 4 rings (SSSR count). The zero-order valence-electron chi connectivity index (χ0n) is 25.4. The quantitative estimate of drug-likeness (QED) is 0.132. The Morgan fingerprint density at radius 1 is 0.620 bits per heavy atom. The van der Waals surface area contributed by atoms with Crippen molar-refractivity contribution in [2.45, 2.75) is 49.2 Å². The van der Waals surface area contributed by atoms with E-state index in [0.29, 0.717) is 12.1 Å². The van der Waals surface area contributed by atoms with Crippen LogP contribution in [-0.4, -0.2) is 54.7 Å². The number of rotatable bonds is 8. The first-order chi connectivity index (χ1) is 23.0. The van der Waals surface area contributed by atoms with Crippen LogP contribution in [0.4, 0.5) is 35.1 Å². The average Bonchev–Trinajstić information content (AvgIpc) is 3.02. The SMILES string of the molecule is CC(c1ccc(F)cc1Cl)C(O)(c1ccnc(C(=O)O)c1)C(F)(F)F.CC(c1ccc(F)cc1Cl)C(O)(c1ccnc(C(=O)O)c1)C(F)(F)F. The summed E-state index contributed by atoms with van der Waals surface area (Å²) in [5.74, 6) is -7.87. The van der Waals surface area contributed by atoms with E-state index in [2.05, 4.69) is 9.97 Å².